The second-order valence-electron chi connectivity index (χ2n) is 4.12. The Kier molecular flexibility index (Phi) is 3.74. The van der Waals surface area contributed by atoms with Gasteiger partial charge in [0.1, 0.15) is 0 Å². The number of aromatic nitrogens is 1. The highest BCUT2D eigenvalue weighted by atomic mass is 16.6. The lowest BCUT2D eigenvalue weighted by molar-refractivity contribution is -0.384. The van der Waals surface area contributed by atoms with Crippen LogP contribution < -0.4 is 0 Å². The standard InChI is InChI=1S/C14H12N2O4/c1-2-11-10(14(17)18)7-8-12(15-11)9-5-3-4-6-13(9)16(19)20/h3-8H,2H2,1H3,(H,17,18). The third-order valence-electron chi connectivity index (χ3n) is 2.92. The molecule has 0 amide bonds. The number of hydrogen-bond acceptors (Lipinski definition) is 4. The van der Waals surface area contributed by atoms with Crippen molar-refractivity contribution in [2.75, 3.05) is 0 Å². The van der Waals surface area contributed by atoms with E-state index < -0.39 is 10.9 Å². The highest BCUT2D eigenvalue weighted by Gasteiger charge is 2.17. The van der Waals surface area contributed by atoms with Crippen LogP contribution in [0.5, 0.6) is 0 Å². The van der Waals surface area contributed by atoms with Gasteiger partial charge in [0.25, 0.3) is 5.69 Å². The van der Waals surface area contributed by atoms with Gasteiger partial charge in [0, 0.05) is 6.07 Å². The molecule has 0 fully saturated rings. The first-order valence-electron chi connectivity index (χ1n) is 6.01. The van der Waals surface area contributed by atoms with Crippen molar-refractivity contribution in [2.24, 2.45) is 0 Å². The van der Waals surface area contributed by atoms with Gasteiger partial charge in [0.05, 0.1) is 27.4 Å². The summed E-state index contributed by atoms with van der Waals surface area (Å²) in [4.78, 5) is 25.8. The molecule has 6 heteroatoms. The minimum absolute atomic E-state index is 0.0508. The second kappa shape index (κ2) is 5.48. The number of carboxylic acids is 1. The Morgan fingerprint density at radius 1 is 1.30 bits per heavy atom. The molecule has 20 heavy (non-hydrogen) atoms. The lowest BCUT2D eigenvalue weighted by Gasteiger charge is -2.07. The molecule has 1 aromatic carbocycles. The van der Waals surface area contributed by atoms with Gasteiger partial charge in [-0.2, -0.15) is 0 Å². The zero-order chi connectivity index (χ0) is 14.7. The van der Waals surface area contributed by atoms with Gasteiger partial charge in [-0.05, 0) is 24.6 Å². The van der Waals surface area contributed by atoms with Crippen molar-refractivity contribution in [3.05, 3.63) is 57.8 Å². The van der Waals surface area contributed by atoms with E-state index in [1.807, 2.05) is 0 Å². The Morgan fingerprint density at radius 2 is 2.00 bits per heavy atom. The van der Waals surface area contributed by atoms with Crippen LogP contribution in [0.3, 0.4) is 0 Å². The summed E-state index contributed by atoms with van der Waals surface area (Å²) in [5.41, 5.74) is 1.26. The number of nitro benzene ring substituents is 1. The van der Waals surface area contributed by atoms with E-state index in [1.165, 1.54) is 18.2 Å². The fraction of sp³-hybridized carbons (Fsp3) is 0.143. The Bertz CT molecular complexity index is 683. The molecule has 102 valence electrons. The summed E-state index contributed by atoms with van der Waals surface area (Å²) in [6.45, 7) is 1.79. The van der Waals surface area contributed by atoms with E-state index in [9.17, 15) is 14.9 Å². The minimum atomic E-state index is -1.05. The van der Waals surface area contributed by atoms with Crippen LogP contribution in [0.15, 0.2) is 36.4 Å². The molecule has 0 unspecified atom stereocenters. The van der Waals surface area contributed by atoms with Crippen LogP contribution in [0, 0.1) is 10.1 Å². The van der Waals surface area contributed by atoms with Crippen LogP contribution in [0.25, 0.3) is 11.3 Å². The van der Waals surface area contributed by atoms with Gasteiger partial charge in [0.2, 0.25) is 0 Å². The summed E-state index contributed by atoms with van der Waals surface area (Å²) >= 11 is 0. The van der Waals surface area contributed by atoms with E-state index in [0.717, 1.165) is 0 Å². The number of hydrogen-bond donors (Lipinski definition) is 1. The SMILES string of the molecule is CCc1nc(-c2ccccc2[N+](=O)[O-])ccc1C(=O)O. The fourth-order valence-electron chi connectivity index (χ4n) is 1.97. The first kappa shape index (κ1) is 13.7. The molecule has 2 aromatic rings. The minimum Gasteiger partial charge on any atom is -0.478 e. The summed E-state index contributed by atoms with van der Waals surface area (Å²) < 4.78 is 0. The third kappa shape index (κ3) is 2.49. The Hall–Kier alpha value is -2.76. The van der Waals surface area contributed by atoms with Crippen molar-refractivity contribution in [1.82, 2.24) is 4.98 Å². The summed E-state index contributed by atoms with van der Waals surface area (Å²) in [6, 6.07) is 9.17. The molecule has 1 N–H and O–H groups in total. The number of nitro groups is 1. The highest BCUT2D eigenvalue weighted by Crippen LogP contribution is 2.28. The summed E-state index contributed by atoms with van der Waals surface area (Å²) in [6.07, 6.45) is 0.441. The number of benzene rings is 1. The van der Waals surface area contributed by atoms with E-state index in [-0.39, 0.29) is 11.3 Å². The molecule has 0 radical (unpaired) electrons. The maximum absolute atomic E-state index is 11.1. The predicted molar refractivity (Wildman–Crippen MR) is 72.7 cm³/mol. The molecule has 0 aliphatic heterocycles. The van der Waals surface area contributed by atoms with Gasteiger partial charge in [-0.3, -0.25) is 15.1 Å². The van der Waals surface area contributed by atoms with E-state index in [1.54, 1.807) is 25.1 Å². The first-order chi connectivity index (χ1) is 9.54. The zero-order valence-corrected chi connectivity index (χ0v) is 10.7. The van der Waals surface area contributed by atoms with E-state index in [4.69, 9.17) is 5.11 Å². The normalized spacial score (nSPS) is 10.2. The molecular weight excluding hydrogens is 260 g/mol. The van der Waals surface area contributed by atoms with Gasteiger partial charge < -0.3 is 5.11 Å². The van der Waals surface area contributed by atoms with E-state index in [0.29, 0.717) is 23.4 Å². The topological polar surface area (TPSA) is 93.3 Å². The van der Waals surface area contributed by atoms with Crippen LogP contribution in [0.4, 0.5) is 5.69 Å². The van der Waals surface area contributed by atoms with Gasteiger partial charge in [-0.25, -0.2) is 4.79 Å². The predicted octanol–water partition coefficient (Wildman–Crippen LogP) is 2.92. The van der Waals surface area contributed by atoms with Crippen LogP contribution in [-0.4, -0.2) is 21.0 Å². The van der Waals surface area contributed by atoms with Gasteiger partial charge in [-0.1, -0.05) is 19.1 Å². The van der Waals surface area contributed by atoms with Gasteiger partial charge in [0.15, 0.2) is 0 Å². The molecule has 1 heterocycles. The average Bonchev–Trinajstić information content (AvgIpc) is 2.46. The van der Waals surface area contributed by atoms with Crippen molar-refractivity contribution in [1.29, 1.82) is 0 Å². The van der Waals surface area contributed by atoms with Crippen LogP contribution >= 0.6 is 0 Å². The number of aromatic carboxylic acids is 1. The fourth-order valence-corrected chi connectivity index (χ4v) is 1.97. The Labute approximate surface area is 114 Å². The van der Waals surface area contributed by atoms with E-state index in [2.05, 4.69) is 4.98 Å². The molecule has 0 aliphatic rings. The molecule has 0 atom stereocenters. The number of aryl methyl sites for hydroxylation is 1. The van der Waals surface area contributed by atoms with Gasteiger partial charge >= 0.3 is 5.97 Å². The summed E-state index contributed by atoms with van der Waals surface area (Å²) in [5.74, 6) is -1.05. The van der Waals surface area contributed by atoms with Crippen molar-refractivity contribution in [3.63, 3.8) is 0 Å². The quantitative estimate of drug-likeness (QED) is 0.682. The van der Waals surface area contributed by atoms with Gasteiger partial charge in [-0.15, -0.1) is 0 Å². The number of pyridine rings is 1. The van der Waals surface area contributed by atoms with Crippen molar-refractivity contribution < 1.29 is 14.8 Å². The molecule has 2 rings (SSSR count). The van der Waals surface area contributed by atoms with Crippen molar-refractivity contribution >= 4 is 11.7 Å². The van der Waals surface area contributed by atoms with Crippen LogP contribution in [-0.2, 0) is 6.42 Å². The molecule has 0 spiro atoms. The largest absolute Gasteiger partial charge is 0.478 e. The lowest BCUT2D eigenvalue weighted by atomic mass is 10.1. The molecular formula is C14H12N2O4. The molecule has 0 aliphatic carbocycles. The third-order valence-corrected chi connectivity index (χ3v) is 2.92. The maximum Gasteiger partial charge on any atom is 0.337 e. The van der Waals surface area contributed by atoms with Crippen LogP contribution in [0.2, 0.25) is 0 Å². The molecule has 0 bridgehead atoms. The average molecular weight is 272 g/mol. The smallest absolute Gasteiger partial charge is 0.337 e. The second-order valence-corrected chi connectivity index (χ2v) is 4.12. The monoisotopic (exact) mass is 272 g/mol. The number of nitrogens with zero attached hydrogens (tertiary/aromatic N) is 2. The molecule has 0 saturated carbocycles. The van der Waals surface area contributed by atoms with Crippen molar-refractivity contribution in [2.45, 2.75) is 13.3 Å². The summed E-state index contributed by atoms with van der Waals surface area (Å²) in [5, 5.41) is 20.1. The highest BCUT2D eigenvalue weighted by molar-refractivity contribution is 5.89. The number of rotatable bonds is 4. The first-order valence-corrected chi connectivity index (χ1v) is 6.01. The molecule has 0 saturated heterocycles. The summed E-state index contributed by atoms with van der Waals surface area (Å²) in [7, 11) is 0. The Morgan fingerprint density at radius 3 is 2.60 bits per heavy atom. The maximum atomic E-state index is 11.1. The number of carboxylic acid groups (broad SMARTS) is 1. The van der Waals surface area contributed by atoms with Crippen LogP contribution in [0.1, 0.15) is 23.0 Å². The van der Waals surface area contributed by atoms with E-state index >= 15 is 0 Å². The van der Waals surface area contributed by atoms with Crippen molar-refractivity contribution in [3.8, 4) is 11.3 Å². The number of para-hydroxylation sites is 1. The number of carbonyl (C=O) groups is 1. The zero-order valence-electron chi connectivity index (χ0n) is 10.7. The molecule has 1 aromatic heterocycles. The Balaban J connectivity index is 2.60. The lowest BCUT2D eigenvalue weighted by Crippen LogP contribution is -2.05. The molecule has 6 nitrogen and oxygen atoms in total.